The number of amides is 1. The third-order valence-electron chi connectivity index (χ3n) is 4.03. The topological polar surface area (TPSA) is 90.3 Å². The first-order valence-electron chi connectivity index (χ1n) is 8.00. The zero-order valence-electron chi connectivity index (χ0n) is 13.9. The average molecular weight is 349 g/mol. The summed E-state index contributed by atoms with van der Waals surface area (Å²) in [7, 11) is 1.63. The van der Waals surface area contributed by atoms with Gasteiger partial charge in [0.1, 0.15) is 0 Å². The molecule has 0 saturated heterocycles. The molecule has 0 atom stereocenters. The summed E-state index contributed by atoms with van der Waals surface area (Å²) < 4.78 is 11.8. The molecule has 7 nitrogen and oxygen atoms in total. The summed E-state index contributed by atoms with van der Waals surface area (Å²) >= 11 is 0. The summed E-state index contributed by atoms with van der Waals surface area (Å²) in [5, 5.41) is 6.71. The van der Waals surface area contributed by atoms with Crippen LogP contribution in [0.5, 0.6) is 0 Å². The van der Waals surface area contributed by atoms with Crippen LogP contribution in [0.15, 0.2) is 68.3 Å². The molecule has 1 N–H and O–H groups in total. The highest BCUT2D eigenvalue weighted by Crippen LogP contribution is 2.21. The Hall–Kier alpha value is -3.61. The lowest BCUT2D eigenvalue weighted by atomic mass is 10.1. The number of hydrogen-bond donors (Lipinski definition) is 1. The van der Waals surface area contributed by atoms with Crippen molar-refractivity contribution in [3.63, 3.8) is 0 Å². The van der Waals surface area contributed by atoms with E-state index in [0.717, 1.165) is 5.56 Å². The van der Waals surface area contributed by atoms with Crippen LogP contribution in [0.3, 0.4) is 0 Å². The van der Waals surface area contributed by atoms with Crippen LogP contribution < -0.4 is 11.1 Å². The van der Waals surface area contributed by atoms with E-state index in [4.69, 9.17) is 8.94 Å². The Morgan fingerprint density at radius 2 is 1.96 bits per heavy atom. The molecule has 0 fully saturated rings. The Morgan fingerprint density at radius 1 is 1.15 bits per heavy atom. The minimum absolute atomic E-state index is 0.0765. The number of aromatic nitrogens is 2. The smallest absolute Gasteiger partial charge is 0.408 e. The first kappa shape index (κ1) is 15.9. The Balaban J connectivity index is 1.47. The molecule has 2 heterocycles. The predicted octanol–water partition coefficient (Wildman–Crippen LogP) is 2.97. The standard InChI is InChI=1S/C19H15N3O4/c1-22-15-8-7-13(9-17(15)25-19(22)24)20-18(23)11-14-10-16(26-21-14)12-5-3-2-4-6-12/h2-10H,11H2,1H3,(H,20,23). The van der Waals surface area contributed by atoms with Crippen molar-refractivity contribution in [2.75, 3.05) is 5.32 Å². The van der Waals surface area contributed by atoms with Gasteiger partial charge in [0.25, 0.3) is 0 Å². The Morgan fingerprint density at radius 3 is 2.77 bits per heavy atom. The predicted molar refractivity (Wildman–Crippen MR) is 95.7 cm³/mol. The number of rotatable bonds is 4. The fourth-order valence-electron chi connectivity index (χ4n) is 2.71. The van der Waals surface area contributed by atoms with Gasteiger partial charge in [0, 0.05) is 30.4 Å². The van der Waals surface area contributed by atoms with Crippen LogP contribution in [0.2, 0.25) is 0 Å². The van der Waals surface area contributed by atoms with Crippen molar-refractivity contribution in [1.29, 1.82) is 0 Å². The molecule has 0 spiro atoms. The number of oxazole rings is 1. The van der Waals surface area contributed by atoms with Crippen molar-refractivity contribution in [1.82, 2.24) is 9.72 Å². The van der Waals surface area contributed by atoms with Gasteiger partial charge in [0.2, 0.25) is 5.91 Å². The minimum atomic E-state index is -0.445. The summed E-state index contributed by atoms with van der Waals surface area (Å²) in [6.07, 6.45) is 0.0765. The number of aryl methyl sites for hydroxylation is 1. The molecule has 0 unspecified atom stereocenters. The monoisotopic (exact) mass is 349 g/mol. The number of fused-ring (bicyclic) bond motifs is 1. The van der Waals surface area contributed by atoms with Crippen LogP contribution >= 0.6 is 0 Å². The maximum absolute atomic E-state index is 12.2. The Labute approximate surface area is 147 Å². The van der Waals surface area contributed by atoms with Gasteiger partial charge >= 0.3 is 5.76 Å². The molecule has 0 aliphatic rings. The lowest BCUT2D eigenvalue weighted by molar-refractivity contribution is -0.115. The van der Waals surface area contributed by atoms with Gasteiger partial charge in [0.05, 0.1) is 17.6 Å². The normalized spacial score (nSPS) is 11.0. The van der Waals surface area contributed by atoms with Gasteiger partial charge < -0.3 is 14.3 Å². The highest BCUT2D eigenvalue weighted by Gasteiger charge is 2.12. The molecule has 4 aromatic rings. The van der Waals surface area contributed by atoms with Crippen LogP contribution in [0, 0.1) is 0 Å². The number of nitrogens with one attached hydrogen (secondary N) is 1. The van der Waals surface area contributed by atoms with Gasteiger partial charge in [-0.3, -0.25) is 9.36 Å². The number of nitrogens with zero attached hydrogens (tertiary/aromatic N) is 2. The van der Waals surface area contributed by atoms with Gasteiger partial charge in [-0.25, -0.2) is 4.79 Å². The van der Waals surface area contributed by atoms with Crippen LogP contribution in [0.25, 0.3) is 22.4 Å². The average Bonchev–Trinajstić information content (AvgIpc) is 3.20. The van der Waals surface area contributed by atoms with E-state index in [1.54, 1.807) is 31.3 Å². The summed E-state index contributed by atoms with van der Waals surface area (Å²) in [5.41, 5.74) is 3.06. The van der Waals surface area contributed by atoms with Crippen LogP contribution in [-0.2, 0) is 18.3 Å². The third kappa shape index (κ3) is 3.02. The second-order valence-electron chi connectivity index (χ2n) is 5.88. The SMILES string of the molecule is Cn1c(=O)oc2cc(NC(=O)Cc3cc(-c4ccccc4)on3)ccc21. The van der Waals surface area contributed by atoms with Gasteiger partial charge in [-0.05, 0) is 12.1 Å². The molecule has 0 aliphatic heterocycles. The lowest BCUT2D eigenvalue weighted by Gasteiger charge is -2.03. The van der Waals surface area contributed by atoms with Crippen molar-refractivity contribution in [2.45, 2.75) is 6.42 Å². The quantitative estimate of drug-likeness (QED) is 0.612. The molecule has 0 aliphatic carbocycles. The van der Waals surface area contributed by atoms with Crippen molar-refractivity contribution in [3.8, 4) is 11.3 Å². The maximum atomic E-state index is 12.2. The molecule has 0 saturated carbocycles. The molecule has 0 radical (unpaired) electrons. The number of carbonyl (C=O) groups is 1. The second kappa shape index (κ2) is 6.36. The number of carbonyl (C=O) groups excluding carboxylic acids is 1. The van der Waals surface area contributed by atoms with Crippen LogP contribution in [0.1, 0.15) is 5.69 Å². The molecule has 7 heteroatoms. The van der Waals surface area contributed by atoms with Crippen molar-refractivity contribution in [3.05, 3.63) is 70.8 Å². The highest BCUT2D eigenvalue weighted by atomic mass is 16.5. The van der Waals surface area contributed by atoms with E-state index < -0.39 is 5.76 Å². The molecule has 1 amide bonds. The summed E-state index contributed by atoms with van der Waals surface area (Å²) in [6, 6.07) is 16.3. The molecule has 0 bridgehead atoms. The van der Waals surface area contributed by atoms with E-state index in [1.165, 1.54) is 4.57 Å². The zero-order chi connectivity index (χ0) is 18.1. The minimum Gasteiger partial charge on any atom is -0.408 e. The van der Waals surface area contributed by atoms with Crippen LogP contribution in [-0.4, -0.2) is 15.6 Å². The first-order chi connectivity index (χ1) is 12.6. The fourth-order valence-corrected chi connectivity index (χ4v) is 2.71. The second-order valence-corrected chi connectivity index (χ2v) is 5.88. The summed E-state index contributed by atoms with van der Waals surface area (Å²) in [5.74, 6) is -0.0732. The Kier molecular flexibility index (Phi) is 3.89. The fraction of sp³-hybridized carbons (Fsp3) is 0.105. The van der Waals surface area contributed by atoms with E-state index in [0.29, 0.717) is 28.2 Å². The largest absolute Gasteiger partial charge is 0.419 e. The van der Waals surface area contributed by atoms with Crippen molar-refractivity contribution in [2.24, 2.45) is 7.05 Å². The highest BCUT2D eigenvalue weighted by molar-refractivity contribution is 5.93. The number of hydrogen-bond acceptors (Lipinski definition) is 5. The molecule has 26 heavy (non-hydrogen) atoms. The lowest BCUT2D eigenvalue weighted by Crippen LogP contribution is -2.14. The van der Waals surface area contributed by atoms with Crippen LogP contribution in [0.4, 0.5) is 5.69 Å². The van der Waals surface area contributed by atoms with Gasteiger partial charge in [0.15, 0.2) is 11.3 Å². The van der Waals surface area contributed by atoms with E-state index in [2.05, 4.69) is 10.5 Å². The summed E-state index contributed by atoms with van der Waals surface area (Å²) in [6.45, 7) is 0. The van der Waals surface area contributed by atoms with Gasteiger partial charge in [-0.15, -0.1) is 0 Å². The molecule has 130 valence electrons. The van der Waals surface area contributed by atoms with Crippen molar-refractivity contribution < 1.29 is 13.7 Å². The van der Waals surface area contributed by atoms with Gasteiger partial charge in [-0.1, -0.05) is 35.5 Å². The van der Waals surface area contributed by atoms with E-state index in [-0.39, 0.29) is 12.3 Å². The van der Waals surface area contributed by atoms with E-state index in [9.17, 15) is 9.59 Å². The van der Waals surface area contributed by atoms with E-state index in [1.807, 2.05) is 30.3 Å². The van der Waals surface area contributed by atoms with Crippen molar-refractivity contribution >= 4 is 22.7 Å². The third-order valence-corrected chi connectivity index (χ3v) is 4.03. The molecule has 4 rings (SSSR count). The number of benzene rings is 2. The van der Waals surface area contributed by atoms with Gasteiger partial charge in [-0.2, -0.15) is 0 Å². The summed E-state index contributed by atoms with van der Waals surface area (Å²) in [4.78, 5) is 23.8. The zero-order valence-corrected chi connectivity index (χ0v) is 13.9. The number of anilines is 1. The maximum Gasteiger partial charge on any atom is 0.419 e. The molecular formula is C19H15N3O4. The van der Waals surface area contributed by atoms with E-state index >= 15 is 0 Å². The molecule has 2 aromatic heterocycles. The first-order valence-corrected chi connectivity index (χ1v) is 8.00. The molecular weight excluding hydrogens is 334 g/mol. The molecule has 2 aromatic carbocycles. The Bertz CT molecular complexity index is 1140.